The van der Waals surface area contributed by atoms with E-state index in [1.54, 1.807) is 30.3 Å². The van der Waals surface area contributed by atoms with Crippen LogP contribution in [0.3, 0.4) is 0 Å². The fourth-order valence-electron chi connectivity index (χ4n) is 3.31. The molecule has 0 saturated carbocycles. The Bertz CT molecular complexity index is 1010. The van der Waals surface area contributed by atoms with Gasteiger partial charge in [-0.25, -0.2) is 8.42 Å². The maximum atomic E-state index is 13.1. The zero-order chi connectivity index (χ0) is 21.2. The zero-order valence-corrected chi connectivity index (χ0v) is 18.0. The number of aryl methyl sites for hydroxylation is 1. The lowest BCUT2D eigenvalue weighted by molar-refractivity contribution is -0.119. The first-order chi connectivity index (χ1) is 13.8. The van der Waals surface area contributed by atoms with Crippen molar-refractivity contribution in [3.63, 3.8) is 0 Å². The molecule has 0 aliphatic carbocycles. The number of sulfonamides is 1. The van der Waals surface area contributed by atoms with E-state index in [0.29, 0.717) is 35.1 Å². The summed E-state index contributed by atoms with van der Waals surface area (Å²) in [5.41, 5.74) is 1.31. The number of nitrogens with zero attached hydrogens (tertiary/aromatic N) is 1. The van der Waals surface area contributed by atoms with E-state index in [1.165, 1.54) is 24.6 Å². The van der Waals surface area contributed by atoms with E-state index < -0.39 is 22.0 Å². The Balaban J connectivity index is 1.86. The normalized spacial score (nSPS) is 17.2. The smallest absolute Gasteiger partial charge is 0.243 e. The molecule has 1 N–H and O–H groups in total. The van der Waals surface area contributed by atoms with Crippen molar-refractivity contribution >= 4 is 33.2 Å². The largest absolute Gasteiger partial charge is 0.495 e. The maximum absolute atomic E-state index is 13.1. The highest BCUT2D eigenvalue weighted by Crippen LogP contribution is 2.36. The molecule has 0 spiro atoms. The summed E-state index contributed by atoms with van der Waals surface area (Å²) in [6.07, 6.45) is 1.03. The van der Waals surface area contributed by atoms with Gasteiger partial charge in [0.25, 0.3) is 0 Å². The lowest BCUT2D eigenvalue weighted by Crippen LogP contribution is -2.43. The predicted molar refractivity (Wildman–Crippen MR) is 111 cm³/mol. The van der Waals surface area contributed by atoms with Gasteiger partial charge >= 0.3 is 0 Å². The molecular formula is C20H23ClN2O5S. The summed E-state index contributed by atoms with van der Waals surface area (Å²) in [5, 5.41) is 3.05. The minimum Gasteiger partial charge on any atom is -0.495 e. The van der Waals surface area contributed by atoms with Crippen LogP contribution in [0, 0.1) is 6.92 Å². The van der Waals surface area contributed by atoms with Gasteiger partial charge in [0.2, 0.25) is 15.9 Å². The third-order valence-corrected chi connectivity index (χ3v) is 7.08. The molecule has 2 aromatic rings. The number of nitrogens with one attached hydrogen (secondary N) is 1. The van der Waals surface area contributed by atoms with Crippen LogP contribution < -0.4 is 14.8 Å². The van der Waals surface area contributed by atoms with Crippen LogP contribution in [-0.4, -0.2) is 45.4 Å². The molecule has 0 aromatic heterocycles. The number of hydrogen-bond acceptors (Lipinski definition) is 5. The van der Waals surface area contributed by atoms with Crippen LogP contribution in [0.2, 0.25) is 5.02 Å². The molecule has 1 atom stereocenters. The van der Waals surface area contributed by atoms with E-state index in [4.69, 9.17) is 21.1 Å². The Hall–Kier alpha value is -2.29. The quantitative estimate of drug-likeness (QED) is 0.746. The molecule has 1 unspecified atom stereocenters. The summed E-state index contributed by atoms with van der Waals surface area (Å²) in [6, 6.07) is 8.86. The zero-order valence-electron chi connectivity index (χ0n) is 16.4. The van der Waals surface area contributed by atoms with Crippen molar-refractivity contribution < 1.29 is 22.7 Å². The molecule has 1 fully saturated rings. The van der Waals surface area contributed by atoms with E-state index in [-0.39, 0.29) is 11.4 Å². The summed E-state index contributed by atoms with van der Waals surface area (Å²) < 4.78 is 37.8. The third-order valence-electron chi connectivity index (χ3n) is 4.87. The summed E-state index contributed by atoms with van der Waals surface area (Å²) in [4.78, 5) is 13.1. The molecule has 1 saturated heterocycles. The highest BCUT2D eigenvalue weighted by Gasteiger charge is 2.39. The first-order valence-corrected chi connectivity index (χ1v) is 10.9. The van der Waals surface area contributed by atoms with Crippen molar-refractivity contribution in [2.75, 3.05) is 26.1 Å². The van der Waals surface area contributed by atoms with Gasteiger partial charge in [-0.1, -0.05) is 29.3 Å². The number of halogens is 1. The van der Waals surface area contributed by atoms with Crippen molar-refractivity contribution in [1.29, 1.82) is 0 Å². The first-order valence-electron chi connectivity index (χ1n) is 9.09. The number of benzene rings is 2. The van der Waals surface area contributed by atoms with Gasteiger partial charge in [-0.2, -0.15) is 4.31 Å². The Kier molecular flexibility index (Phi) is 6.36. The average molecular weight is 439 g/mol. The molecule has 1 aliphatic heterocycles. The van der Waals surface area contributed by atoms with Crippen LogP contribution in [0.1, 0.15) is 18.4 Å². The van der Waals surface area contributed by atoms with Gasteiger partial charge in [0.15, 0.2) is 0 Å². The van der Waals surface area contributed by atoms with Crippen molar-refractivity contribution in [2.45, 2.75) is 30.7 Å². The van der Waals surface area contributed by atoms with Crippen LogP contribution in [0.5, 0.6) is 11.5 Å². The summed E-state index contributed by atoms with van der Waals surface area (Å²) >= 11 is 6.16. The number of anilines is 1. The van der Waals surface area contributed by atoms with Gasteiger partial charge in [0.05, 0.1) is 29.8 Å². The molecule has 0 radical (unpaired) electrons. The fraction of sp³-hybridized carbons (Fsp3) is 0.350. The second kappa shape index (κ2) is 8.61. The molecule has 1 aliphatic rings. The minimum absolute atomic E-state index is 0.174. The number of carbonyl (C=O) groups excluding carboxylic acids is 1. The SMILES string of the molecule is COc1cc(OC)c(NC(=O)C2CCCN2S(=O)(=O)c2ccc(C)cc2)cc1Cl. The van der Waals surface area contributed by atoms with E-state index in [1.807, 2.05) is 6.92 Å². The topological polar surface area (TPSA) is 84.9 Å². The minimum atomic E-state index is -3.78. The lowest BCUT2D eigenvalue weighted by Gasteiger charge is -2.24. The molecule has 29 heavy (non-hydrogen) atoms. The van der Waals surface area contributed by atoms with Gasteiger partial charge in [-0.3, -0.25) is 4.79 Å². The third kappa shape index (κ3) is 4.34. The summed E-state index contributed by atoms with van der Waals surface area (Å²) in [6.45, 7) is 2.17. The van der Waals surface area contributed by atoms with Gasteiger partial charge in [-0.05, 0) is 38.0 Å². The van der Waals surface area contributed by atoms with Crippen molar-refractivity contribution in [3.8, 4) is 11.5 Å². The molecule has 1 heterocycles. The van der Waals surface area contributed by atoms with Crippen LogP contribution in [-0.2, 0) is 14.8 Å². The number of methoxy groups -OCH3 is 2. The highest BCUT2D eigenvalue weighted by molar-refractivity contribution is 7.89. The average Bonchev–Trinajstić information content (AvgIpc) is 3.19. The predicted octanol–water partition coefficient (Wildman–Crippen LogP) is 3.46. The number of hydrogen-bond donors (Lipinski definition) is 1. The van der Waals surface area contributed by atoms with Crippen LogP contribution in [0.25, 0.3) is 0 Å². The number of rotatable bonds is 6. The fourth-order valence-corrected chi connectivity index (χ4v) is 5.21. The molecular weight excluding hydrogens is 416 g/mol. The number of amides is 1. The summed E-state index contributed by atoms with van der Waals surface area (Å²) in [5.74, 6) is 0.342. The Morgan fingerprint density at radius 3 is 2.41 bits per heavy atom. The maximum Gasteiger partial charge on any atom is 0.243 e. The standard InChI is InChI=1S/C20H23ClN2O5S/c1-13-6-8-14(9-7-13)29(25,26)23-10-4-5-17(23)20(24)22-16-11-15(21)18(27-2)12-19(16)28-3/h6-9,11-12,17H,4-5,10H2,1-3H3,(H,22,24). The second-order valence-electron chi connectivity index (χ2n) is 6.76. The Morgan fingerprint density at radius 1 is 1.14 bits per heavy atom. The molecule has 156 valence electrons. The monoisotopic (exact) mass is 438 g/mol. The van der Waals surface area contributed by atoms with Gasteiger partial charge < -0.3 is 14.8 Å². The second-order valence-corrected chi connectivity index (χ2v) is 9.06. The Labute approximate surface area is 175 Å². The van der Waals surface area contributed by atoms with Crippen molar-refractivity contribution in [2.24, 2.45) is 0 Å². The number of carbonyl (C=O) groups is 1. The molecule has 2 aromatic carbocycles. The molecule has 9 heteroatoms. The molecule has 1 amide bonds. The van der Waals surface area contributed by atoms with Crippen molar-refractivity contribution in [1.82, 2.24) is 4.31 Å². The van der Waals surface area contributed by atoms with E-state index in [2.05, 4.69) is 5.32 Å². The molecule has 3 rings (SSSR count). The Morgan fingerprint density at radius 2 is 1.79 bits per heavy atom. The van der Waals surface area contributed by atoms with Crippen molar-refractivity contribution in [3.05, 3.63) is 47.0 Å². The van der Waals surface area contributed by atoms with E-state index in [0.717, 1.165) is 5.56 Å². The van der Waals surface area contributed by atoms with Crippen LogP contribution in [0.15, 0.2) is 41.3 Å². The van der Waals surface area contributed by atoms with E-state index in [9.17, 15) is 13.2 Å². The molecule has 0 bridgehead atoms. The highest BCUT2D eigenvalue weighted by atomic mass is 35.5. The molecule has 7 nitrogen and oxygen atoms in total. The van der Waals surface area contributed by atoms with Crippen LogP contribution >= 0.6 is 11.6 Å². The number of ether oxygens (including phenoxy) is 2. The summed E-state index contributed by atoms with van der Waals surface area (Å²) in [7, 11) is -0.843. The lowest BCUT2D eigenvalue weighted by atomic mass is 10.2. The van der Waals surface area contributed by atoms with Crippen LogP contribution in [0.4, 0.5) is 5.69 Å². The first kappa shape index (κ1) is 21.4. The van der Waals surface area contributed by atoms with E-state index >= 15 is 0 Å². The van der Waals surface area contributed by atoms with Gasteiger partial charge in [0.1, 0.15) is 17.5 Å². The van der Waals surface area contributed by atoms with Gasteiger partial charge in [0, 0.05) is 12.6 Å². The van der Waals surface area contributed by atoms with Gasteiger partial charge in [-0.15, -0.1) is 0 Å².